The van der Waals surface area contributed by atoms with E-state index in [0.29, 0.717) is 0 Å². The molecule has 0 spiro atoms. The summed E-state index contributed by atoms with van der Waals surface area (Å²) in [5.74, 6) is 1.65. The second kappa shape index (κ2) is 14.9. The van der Waals surface area contributed by atoms with E-state index in [9.17, 15) is 0 Å². The predicted octanol–water partition coefficient (Wildman–Crippen LogP) is 7.01. The first-order valence-corrected chi connectivity index (χ1v) is 24.3. The van der Waals surface area contributed by atoms with Crippen molar-refractivity contribution in [1.82, 2.24) is 0 Å². The van der Waals surface area contributed by atoms with Crippen molar-refractivity contribution in [3.8, 4) is 33.8 Å². The van der Waals surface area contributed by atoms with Crippen LogP contribution in [0.2, 0.25) is 0 Å². The Hall–Kier alpha value is -7.71. The number of nitrogens with zero attached hydrogens (tertiary/aromatic N) is 2. The Kier molecular flexibility index (Phi) is 8.49. The highest BCUT2D eigenvalue weighted by Gasteiger charge is 2.50. The average Bonchev–Trinajstić information content (AvgIpc) is 4.31. The van der Waals surface area contributed by atoms with E-state index >= 15 is 0 Å². The van der Waals surface area contributed by atoms with Crippen LogP contribution in [0.5, 0.6) is 11.5 Å². The normalized spacial score (nSPS) is 19.2. The lowest BCUT2D eigenvalue weighted by Gasteiger charge is -2.49. The average molecular weight is 888 g/mol. The Morgan fingerprint density at radius 2 is 0.768 bits per heavy atom. The molecule has 0 N–H and O–H groups in total. The molecule has 0 bridgehead atoms. The Morgan fingerprint density at radius 1 is 0.362 bits per heavy atom. The van der Waals surface area contributed by atoms with Gasteiger partial charge in [0.1, 0.15) is 23.7 Å². The number of benzene rings is 9. The zero-order valence-corrected chi connectivity index (χ0v) is 38.1. The summed E-state index contributed by atoms with van der Waals surface area (Å²) in [5, 5.41) is 0. The number of epoxide rings is 2. The summed E-state index contributed by atoms with van der Waals surface area (Å²) < 4.78 is 23.0. The van der Waals surface area contributed by atoms with Gasteiger partial charge in [-0.1, -0.05) is 163 Å². The number of fused-ring (bicyclic) bond motifs is 8. The summed E-state index contributed by atoms with van der Waals surface area (Å²) in [6.07, 6.45) is -0.0130. The second-order valence-electron chi connectivity index (χ2n) is 19.3. The first-order chi connectivity index (χ1) is 34.0. The van der Waals surface area contributed by atoms with Gasteiger partial charge in [0, 0.05) is 34.1 Å². The molecule has 9 heteroatoms. The van der Waals surface area contributed by atoms with Gasteiger partial charge in [0.25, 0.3) is 6.71 Å². The summed E-state index contributed by atoms with van der Waals surface area (Å²) in [7, 11) is 0. The number of anilines is 6. The van der Waals surface area contributed by atoms with Crippen LogP contribution in [0.1, 0.15) is 13.8 Å². The fourth-order valence-electron chi connectivity index (χ4n) is 12.0. The van der Waals surface area contributed by atoms with Crippen LogP contribution in [0, 0.1) is 0 Å². The van der Waals surface area contributed by atoms with E-state index in [1.165, 1.54) is 94.4 Å². The zero-order chi connectivity index (χ0) is 45.5. The van der Waals surface area contributed by atoms with Crippen molar-refractivity contribution in [3.05, 3.63) is 200 Å². The van der Waals surface area contributed by atoms with Crippen LogP contribution in [-0.4, -0.2) is 44.9 Å². The Balaban J connectivity index is 0.869. The molecule has 69 heavy (non-hydrogen) atoms. The van der Waals surface area contributed by atoms with Crippen LogP contribution in [-0.2, 0) is 9.47 Å². The van der Waals surface area contributed by atoms with Crippen molar-refractivity contribution in [3.63, 3.8) is 0 Å². The number of rotatable bonds is 8. The smallest absolute Gasteiger partial charge is 0.252 e. The lowest BCUT2D eigenvalue weighted by molar-refractivity contribution is 0.178. The summed E-state index contributed by atoms with van der Waals surface area (Å²) in [5.41, 5.74) is 24.0. The minimum atomic E-state index is -0.159. The molecule has 326 valence electrons. The van der Waals surface area contributed by atoms with Gasteiger partial charge in [0.05, 0.1) is 0 Å². The molecule has 6 nitrogen and oxygen atoms in total. The molecule has 4 unspecified atom stereocenters. The van der Waals surface area contributed by atoms with Crippen molar-refractivity contribution < 1.29 is 18.9 Å². The molecule has 6 heterocycles. The number of hydrogen-bond acceptors (Lipinski definition) is 6. The second-order valence-corrected chi connectivity index (χ2v) is 19.3. The maximum Gasteiger partial charge on any atom is 0.252 e. The van der Waals surface area contributed by atoms with Gasteiger partial charge in [-0.05, 0) is 123 Å². The predicted molar refractivity (Wildman–Crippen MR) is 283 cm³/mol. The lowest BCUT2D eigenvalue weighted by atomic mass is 9.28. The van der Waals surface area contributed by atoms with Crippen LogP contribution in [0.4, 0.5) is 34.1 Å². The minimum Gasteiger partial charge on any atom is -0.462 e. The third kappa shape index (κ3) is 6.03. The van der Waals surface area contributed by atoms with E-state index in [2.05, 4.69) is 198 Å². The van der Waals surface area contributed by atoms with Crippen molar-refractivity contribution in [1.29, 1.82) is 0 Å². The van der Waals surface area contributed by atoms with Crippen LogP contribution in [0.15, 0.2) is 200 Å². The van der Waals surface area contributed by atoms with Crippen molar-refractivity contribution in [2.75, 3.05) is 9.80 Å². The van der Waals surface area contributed by atoms with Gasteiger partial charge in [-0.15, -0.1) is 0 Å². The van der Waals surface area contributed by atoms with Gasteiger partial charge < -0.3 is 28.7 Å². The molecule has 6 aliphatic heterocycles. The molecule has 9 aromatic rings. The van der Waals surface area contributed by atoms with E-state index in [1.54, 1.807) is 0 Å². The summed E-state index contributed by atoms with van der Waals surface area (Å²) in [6, 6.07) is 74.4. The zero-order valence-electron chi connectivity index (χ0n) is 38.1. The van der Waals surface area contributed by atoms with Gasteiger partial charge >= 0.3 is 0 Å². The van der Waals surface area contributed by atoms with Crippen LogP contribution < -0.4 is 68.4 Å². The van der Waals surface area contributed by atoms with Crippen molar-refractivity contribution in [2.24, 2.45) is 0 Å². The Bertz CT molecular complexity index is 3550. The molecule has 0 aliphatic carbocycles. The van der Waals surface area contributed by atoms with E-state index < -0.39 is 0 Å². The highest BCUT2D eigenvalue weighted by Crippen LogP contribution is 2.45. The minimum absolute atomic E-state index is 0.0321. The molecule has 0 amide bonds. The quantitative estimate of drug-likeness (QED) is 0.121. The maximum absolute atomic E-state index is 6.03. The number of para-hydroxylation sites is 3. The number of hydrogen-bond donors (Lipinski definition) is 0. The van der Waals surface area contributed by atoms with E-state index in [4.69, 9.17) is 18.9 Å². The molecule has 2 fully saturated rings. The fourth-order valence-corrected chi connectivity index (χ4v) is 12.0. The van der Waals surface area contributed by atoms with Gasteiger partial charge in [-0.2, -0.15) is 0 Å². The van der Waals surface area contributed by atoms with Crippen molar-refractivity contribution in [2.45, 2.75) is 38.6 Å². The molecule has 2 saturated heterocycles. The molecule has 0 radical (unpaired) electrons. The highest BCUT2D eigenvalue weighted by molar-refractivity contribution is 7.05. The molecular weight excluding hydrogens is 845 g/mol. The first-order valence-electron chi connectivity index (χ1n) is 24.3. The third-order valence-corrected chi connectivity index (χ3v) is 15.4. The van der Waals surface area contributed by atoms with Gasteiger partial charge in [-0.25, -0.2) is 0 Å². The lowest BCUT2D eigenvalue weighted by Crippen LogP contribution is -2.69. The topological polar surface area (TPSA) is 50.0 Å². The summed E-state index contributed by atoms with van der Waals surface area (Å²) in [6.45, 7) is 4.18. The van der Waals surface area contributed by atoms with Gasteiger partial charge in [-0.3, -0.25) is 0 Å². The molecular formula is C60H43B3N2O4. The van der Waals surface area contributed by atoms with Gasteiger partial charge in [0.15, 0.2) is 0 Å². The molecule has 0 saturated carbocycles. The maximum atomic E-state index is 6.03. The van der Waals surface area contributed by atoms with E-state index in [0.717, 1.165) is 22.6 Å². The third-order valence-electron chi connectivity index (χ3n) is 15.4. The van der Waals surface area contributed by atoms with Gasteiger partial charge in [0.2, 0.25) is 26.0 Å². The first kappa shape index (κ1) is 39.3. The molecule has 9 aromatic carbocycles. The SMILES string of the molecule is CC1OC1Oc1ccc(-c2ccc(B3c4ccccc4N4c5cccc6c5B(c5cccc3c54)c3cccc4c3N6c3ccc(-c5ccc(OC6OC6C)cc5)cc3B4c3ccccc3)cc2)cc1. The monoisotopic (exact) mass is 888 g/mol. The van der Waals surface area contributed by atoms with Crippen LogP contribution >= 0.6 is 0 Å². The highest BCUT2D eigenvalue weighted by atomic mass is 16.8. The molecule has 0 aromatic heterocycles. The Labute approximate surface area is 402 Å². The van der Waals surface area contributed by atoms with Crippen LogP contribution in [0.3, 0.4) is 0 Å². The fraction of sp³-hybridized carbons (Fsp3) is 0.100. The molecule has 15 rings (SSSR count). The summed E-state index contributed by atoms with van der Waals surface area (Å²) >= 11 is 0. The standard InChI is InChI=1S/C60H43B3N2O4/c1-36-59(66-36)68-44-30-23-39(24-31-44)38-21-28-43(29-22-38)61-46-13-6-7-18-52(46)64-54-19-10-20-55-56(54)63(49-16-8-14-47(61)57(49)64)50-17-9-15-48-58(50)65(55)53-34-27-41(35-51(53)62(48)42-11-4-3-5-12-42)40-25-32-45(33-26-40)69-60-37(2)67-60/h3-37,59-60H,1-2H3. The van der Waals surface area contributed by atoms with E-state index in [-0.39, 0.29) is 44.9 Å². The molecule has 6 aliphatic rings. The molecule has 4 atom stereocenters. The Morgan fingerprint density at radius 3 is 1.33 bits per heavy atom. The number of ether oxygens (including phenoxy) is 4. The van der Waals surface area contributed by atoms with Crippen LogP contribution in [0.25, 0.3) is 22.3 Å². The van der Waals surface area contributed by atoms with Crippen molar-refractivity contribution >= 4 is 103 Å². The largest absolute Gasteiger partial charge is 0.462 e. The summed E-state index contributed by atoms with van der Waals surface area (Å²) in [4.78, 5) is 5.17. The van der Waals surface area contributed by atoms with E-state index in [1.807, 2.05) is 26.0 Å².